The van der Waals surface area contributed by atoms with Crippen LogP contribution in [0.25, 0.3) is 16.9 Å². The van der Waals surface area contributed by atoms with Gasteiger partial charge in [0.15, 0.2) is 0 Å². The zero-order chi connectivity index (χ0) is 66.4. The molecule has 1 aliphatic rings. The molecule has 1 aliphatic heterocycles. The molecule has 0 spiro atoms. The van der Waals surface area contributed by atoms with Crippen molar-refractivity contribution in [3.63, 3.8) is 0 Å². The summed E-state index contributed by atoms with van der Waals surface area (Å²) < 4.78 is 1.46. The van der Waals surface area contributed by atoms with E-state index >= 15 is 0 Å². The third-order valence-electron chi connectivity index (χ3n) is 20.2. The summed E-state index contributed by atoms with van der Waals surface area (Å²) >= 11 is 0. The van der Waals surface area contributed by atoms with Crippen LogP contribution in [-0.2, 0) is 33.3 Å². The van der Waals surface area contributed by atoms with Crippen molar-refractivity contribution in [2.75, 3.05) is 0 Å². The number of benzene rings is 2. The van der Waals surface area contributed by atoms with Gasteiger partial charge in [-0.25, -0.2) is 4.70 Å². The first-order valence-corrected chi connectivity index (χ1v) is 42.2. The molecule has 93 heavy (non-hydrogen) atoms. The summed E-state index contributed by atoms with van der Waals surface area (Å²) in [6, 6.07) is 17.9. The Balaban J connectivity index is 0.00000177. The van der Waals surface area contributed by atoms with Crippen molar-refractivity contribution in [2.45, 2.75) is 465 Å². The first kappa shape index (κ1) is 91.2. The molecular formula is C90H162N2Pd. The molecule has 0 bridgehead atoms. The van der Waals surface area contributed by atoms with Crippen LogP contribution in [0.2, 0.25) is 0 Å². The molecule has 3 heteroatoms. The van der Waals surface area contributed by atoms with Crippen molar-refractivity contribution in [2.24, 2.45) is 0 Å². The molecule has 0 saturated heterocycles. The summed E-state index contributed by atoms with van der Waals surface area (Å²) in [5.41, 5.74) is 19.6. The summed E-state index contributed by atoms with van der Waals surface area (Å²) in [6.07, 6.45) is 96.0. The second-order valence-corrected chi connectivity index (χ2v) is 29.2. The number of nitrogens with zero attached hydrogens (tertiary/aromatic N) is 2. The van der Waals surface area contributed by atoms with Crippen LogP contribution in [-0.4, -0.2) is 4.70 Å². The molecule has 0 aromatic heterocycles. The van der Waals surface area contributed by atoms with Crippen LogP contribution in [0.1, 0.15) is 474 Å². The molecule has 0 radical (unpaired) electrons. The van der Waals surface area contributed by atoms with Gasteiger partial charge in [-0.3, -0.25) is 0 Å². The molecular weight excluding hydrogens is 1220 g/mol. The van der Waals surface area contributed by atoms with Gasteiger partial charge in [0.2, 0.25) is 11.4 Å². The third kappa shape index (κ3) is 57.8. The minimum atomic E-state index is 0. The molecule has 0 fully saturated rings. The van der Waals surface area contributed by atoms with E-state index in [0.29, 0.717) is 0 Å². The van der Waals surface area contributed by atoms with Crippen molar-refractivity contribution in [3.05, 3.63) is 102 Å². The van der Waals surface area contributed by atoms with Gasteiger partial charge in [0.25, 0.3) is 0 Å². The van der Waals surface area contributed by atoms with Crippen LogP contribution >= 0.6 is 0 Å². The van der Waals surface area contributed by atoms with Gasteiger partial charge in [-0.1, -0.05) is 438 Å². The summed E-state index contributed by atoms with van der Waals surface area (Å²) in [7, 11) is 0. The molecule has 1 heterocycles. The van der Waals surface area contributed by atoms with Crippen LogP contribution in [0.5, 0.6) is 0 Å². The second kappa shape index (κ2) is 74.4. The quantitative estimate of drug-likeness (QED) is 0.0273. The molecule has 0 saturated carbocycles. The molecule has 0 amide bonds. The summed E-state index contributed by atoms with van der Waals surface area (Å²) in [4.78, 5) is 0. The topological polar surface area (TPSA) is 25.3 Å². The van der Waals surface area contributed by atoms with Crippen molar-refractivity contribution in [1.82, 2.24) is 0 Å². The monoisotopic (exact) mass is 1380 g/mol. The minimum Gasteiger partial charge on any atom is -0.493 e. The molecule has 0 unspecified atom stereocenters. The minimum absolute atomic E-state index is 0. The maximum absolute atomic E-state index is 11.5. The van der Waals surface area contributed by atoms with E-state index in [1.54, 1.807) is 0 Å². The third-order valence-corrected chi connectivity index (χ3v) is 20.2. The Kier molecular flexibility index (Phi) is 73.0. The maximum Gasteiger partial charge on any atom is 2.00 e. The van der Waals surface area contributed by atoms with Crippen LogP contribution in [0, 0.1) is 13.8 Å². The zero-order valence-electron chi connectivity index (χ0n) is 63.7. The van der Waals surface area contributed by atoms with E-state index in [1.807, 2.05) is 0 Å². The SMILES string of the molecule is CCCCCCCCCCCCCCCCCCCCCCCCCCc1ccc(C2=C(CCCC)C=C(c3ccc(CCCCCC)cc3)[N+]2=[N-])cc1.[CH2-]CCCCCCCCCCCCCCCCCC.[CH2-]CCCCCCCCCCCCCCCCCC.[Pd+2]. The average molecular weight is 1380 g/mol. The molecule has 2 aromatic rings. The Hall–Kier alpha value is -1.82. The van der Waals surface area contributed by atoms with E-state index in [1.165, 1.54) is 407 Å². The van der Waals surface area contributed by atoms with Gasteiger partial charge < -0.3 is 19.4 Å². The van der Waals surface area contributed by atoms with Crippen molar-refractivity contribution in [1.29, 1.82) is 0 Å². The van der Waals surface area contributed by atoms with Crippen LogP contribution in [0.4, 0.5) is 0 Å². The molecule has 542 valence electrons. The van der Waals surface area contributed by atoms with E-state index in [-0.39, 0.29) is 20.4 Å². The number of allylic oxidation sites excluding steroid dienone is 2. The van der Waals surface area contributed by atoms with E-state index in [0.717, 1.165) is 67.5 Å². The van der Waals surface area contributed by atoms with Crippen LogP contribution in [0.15, 0.2) is 60.2 Å². The van der Waals surface area contributed by atoms with Gasteiger partial charge in [-0.15, -0.1) is 0 Å². The molecule has 2 aromatic carbocycles. The fourth-order valence-electron chi connectivity index (χ4n) is 13.8. The Bertz CT molecular complexity index is 1790. The summed E-state index contributed by atoms with van der Waals surface area (Å²) in [5.74, 6) is 0. The first-order valence-electron chi connectivity index (χ1n) is 42.2. The smallest absolute Gasteiger partial charge is 0.493 e. The Morgan fingerprint density at radius 1 is 0.247 bits per heavy atom. The average Bonchev–Trinajstić information content (AvgIpc) is 1.67. The number of hydrogen-bond acceptors (Lipinski definition) is 0. The Morgan fingerprint density at radius 2 is 0.452 bits per heavy atom. The summed E-state index contributed by atoms with van der Waals surface area (Å²) in [6.45, 7) is 19.2. The second-order valence-electron chi connectivity index (χ2n) is 29.2. The van der Waals surface area contributed by atoms with Gasteiger partial charge in [0, 0.05) is 22.8 Å². The Labute approximate surface area is 599 Å². The standard InChI is InChI=1S/C52H84N2.2C19H39.Pd/c1-4-7-10-12-13-14-15-16-17-18-19-20-21-22-23-24-25-26-27-28-29-30-31-33-35-47-39-43-49(44-40-47)52-50(36-9-6-3)45-51(54(52)53)48-41-37-46(38-42-48)34-32-11-8-5-2;2*1-3-5-7-9-11-13-15-17-19-18-16-14-12-10-8-6-4-2;/h37-45H,4-36H2,1-3H3;2*1,3-19H2,2H3;/q;2*-1;+2. The normalized spacial score (nSPS) is 12.1. The van der Waals surface area contributed by atoms with E-state index in [4.69, 9.17) is 0 Å². The van der Waals surface area contributed by atoms with E-state index in [2.05, 4.69) is 103 Å². The predicted octanol–water partition coefficient (Wildman–Crippen LogP) is 32.7. The van der Waals surface area contributed by atoms with Crippen molar-refractivity contribution >= 4 is 11.4 Å². The van der Waals surface area contributed by atoms with E-state index in [9.17, 15) is 5.53 Å². The fraction of sp³-hybridized carbons (Fsp3) is 0.800. The van der Waals surface area contributed by atoms with Gasteiger partial charge in [0.05, 0.1) is 0 Å². The predicted molar refractivity (Wildman–Crippen MR) is 418 cm³/mol. The first-order chi connectivity index (χ1) is 45.5. The number of rotatable bonds is 67. The molecule has 3 rings (SSSR count). The maximum atomic E-state index is 11.5. The Morgan fingerprint density at radius 3 is 0.688 bits per heavy atom. The van der Waals surface area contributed by atoms with Gasteiger partial charge in [-0.2, -0.15) is 12.8 Å². The molecule has 2 nitrogen and oxygen atoms in total. The van der Waals surface area contributed by atoms with E-state index < -0.39 is 0 Å². The van der Waals surface area contributed by atoms with Crippen LogP contribution < -0.4 is 0 Å². The molecule has 0 N–H and O–H groups in total. The summed E-state index contributed by atoms with van der Waals surface area (Å²) in [5, 5.41) is 0. The number of hydrogen-bond donors (Lipinski definition) is 0. The van der Waals surface area contributed by atoms with Crippen molar-refractivity contribution < 1.29 is 25.1 Å². The van der Waals surface area contributed by atoms with Gasteiger partial charge in [-0.05, 0) is 73.9 Å². The fourth-order valence-corrected chi connectivity index (χ4v) is 13.8. The van der Waals surface area contributed by atoms with Crippen LogP contribution in [0.3, 0.4) is 0 Å². The van der Waals surface area contributed by atoms with Gasteiger partial charge >= 0.3 is 20.4 Å². The number of aryl methyl sites for hydroxylation is 2. The molecule has 0 atom stereocenters. The van der Waals surface area contributed by atoms with Gasteiger partial charge in [0.1, 0.15) is 0 Å². The number of unbranched alkanes of at least 4 members (excludes halogenated alkanes) is 59. The zero-order valence-corrected chi connectivity index (χ0v) is 65.3. The largest absolute Gasteiger partial charge is 2.00 e. The van der Waals surface area contributed by atoms with Crippen molar-refractivity contribution in [3.8, 4) is 0 Å². The molecule has 0 aliphatic carbocycles.